The van der Waals surface area contributed by atoms with Crippen LogP contribution in [0, 0.1) is 0 Å². The molecule has 1 aromatic rings. The molecule has 0 spiro atoms. The van der Waals surface area contributed by atoms with E-state index in [0.29, 0.717) is 16.4 Å². The van der Waals surface area contributed by atoms with Crippen molar-refractivity contribution in [1.82, 2.24) is 5.32 Å². The van der Waals surface area contributed by atoms with Gasteiger partial charge in [0.25, 0.3) is 0 Å². The van der Waals surface area contributed by atoms with Crippen LogP contribution in [0.4, 0.5) is 11.4 Å². The SMILES string of the molecule is O=S1(=O)Nc2ccc(Cl)cc2N1C1CCNCC1. The van der Waals surface area contributed by atoms with Gasteiger partial charge in [-0.05, 0) is 44.1 Å². The number of piperidine rings is 1. The molecule has 3 rings (SSSR count). The molecule has 0 saturated carbocycles. The first kappa shape index (κ1) is 12.1. The smallest absolute Gasteiger partial charge is 0.317 e. The lowest BCUT2D eigenvalue weighted by molar-refractivity contribution is 0.455. The fraction of sp³-hybridized carbons (Fsp3) is 0.455. The third kappa shape index (κ3) is 1.94. The summed E-state index contributed by atoms with van der Waals surface area (Å²) >= 11 is 5.96. The zero-order chi connectivity index (χ0) is 12.8. The highest BCUT2D eigenvalue weighted by atomic mass is 35.5. The maximum absolute atomic E-state index is 12.2. The van der Waals surface area contributed by atoms with Gasteiger partial charge in [-0.2, -0.15) is 8.42 Å². The molecule has 18 heavy (non-hydrogen) atoms. The predicted octanol–water partition coefficient (Wildman–Crippen LogP) is 1.57. The predicted molar refractivity (Wildman–Crippen MR) is 72.4 cm³/mol. The van der Waals surface area contributed by atoms with Crippen LogP contribution in [0.3, 0.4) is 0 Å². The standard InChI is InChI=1S/C11H14ClN3O2S/c12-8-1-2-10-11(7-8)15(18(16,17)14-10)9-3-5-13-6-4-9/h1-2,7,9,13-14H,3-6H2. The van der Waals surface area contributed by atoms with Gasteiger partial charge in [-0.25, -0.2) is 4.31 Å². The third-order valence-corrected chi connectivity index (χ3v) is 5.06. The average molecular weight is 288 g/mol. The molecule has 0 atom stereocenters. The lowest BCUT2D eigenvalue weighted by Gasteiger charge is -2.31. The van der Waals surface area contributed by atoms with Crippen LogP contribution in [-0.2, 0) is 10.2 Å². The summed E-state index contributed by atoms with van der Waals surface area (Å²) in [4.78, 5) is 0. The van der Waals surface area contributed by atoms with Crippen molar-refractivity contribution in [3.05, 3.63) is 23.2 Å². The summed E-state index contributed by atoms with van der Waals surface area (Å²) in [5, 5.41) is 3.78. The summed E-state index contributed by atoms with van der Waals surface area (Å²) in [6, 6.07) is 5.10. The van der Waals surface area contributed by atoms with E-state index >= 15 is 0 Å². The molecule has 5 nitrogen and oxygen atoms in total. The van der Waals surface area contributed by atoms with E-state index in [0.717, 1.165) is 25.9 Å². The number of rotatable bonds is 1. The van der Waals surface area contributed by atoms with E-state index in [9.17, 15) is 8.42 Å². The van der Waals surface area contributed by atoms with Gasteiger partial charge in [-0.15, -0.1) is 0 Å². The van der Waals surface area contributed by atoms with Crippen LogP contribution in [0.2, 0.25) is 5.02 Å². The zero-order valence-electron chi connectivity index (χ0n) is 9.69. The van der Waals surface area contributed by atoms with Crippen molar-refractivity contribution in [1.29, 1.82) is 0 Å². The van der Waals surface area contributed by atoms with Crippen LogP contribution in [0.15, 0.2) is 18.2 Å². The third-order valence-electron chi connectivity index (χ3n) is 3.34. The van der Waals surface area contributed by atoms with E-state index in [1.807, 2.05) is 0 Å². The van der Waals surface area contributed by atoms with Gasteiger partial charge in [0.15, 0.2) is 0 Å². The van der Waals surface area contributed by atoms with E-state index < -0.39 is 10.2 Å². The number of nitrogens with one attached hydrogen (secondary N) is 2. The Morgan fingerprint density at radius 3 is 2.72 bits per heavy atom. The number of anilines is 2. The summed E-state index contributed by atoms with van der Waals surface area (Å²) < 4.78 is 28.4. The number of benzene rings is 1. The largest absolute Gasteiger partial charge is 0.324 e. The maximum atomic E-state index is 12.2. The lowest BCUT2D eigenvalue weighted by Crippen LogP contribution is -2.45. The van der Waals surface area contributed by atoms with Gasteiger partial charge in [-0.3, -0.25) is 4.72 Å². The Bertz CT molecular complexity index is 570. The molecule has 0 amide bonds. The van der Waals surface area contributed by atoms with Gasteiger partial charge in [-0.1, -0.05) is 11.6 Å². The fourth-order valence-electron chi connectivity index (χ4n) is 2.53. The monoisotopic (exact) mass is 287 g/mol. The molecule has 2 aliphatic heterocycles. The number of halogens is 1. The van der Waals surface area contributed by atoms with Crippen LogP contribution in [-0.4, -0.2) is 27.5 Å². The molecule has 1 aromatic carbocycles. The summed E-state index contributed by atoms with van der Waals surface area (Å²) in [5.41, 5.74) is 1.27. The van der Waals surface area contributed by atoms with Gasteiger partial charge in [0.1, 0.15) is 0 Å². The molecule has 0 unspecified atom stereocenters. The number of hydrogen-bond donors (Lipinski definition) is 2. The van der Waals surface area contributed by atoms with Crippen molar-refractivity contribution in [2.75, 3.05) is 22.1 Å². The second-order valence-corrected chi connectivity index (χ2v) is 6.53. The first-order valence-electron chi connectivity index (χ1n) is 5.90. The Balaban J connectivity index is 2.04. The van der Waals surface area contributed by atoms with Crippen molar-refractivity contribution in [3.8, 4) is 0 Å². The minimum absolute atomic E-state index is 0.00321. The van der Waals surface area contributed by atoms with Crippen LogP contribution in [0.5, 0.6) is 0 Å². The Hall–Kier alpha value is -0.980. The maximum Gasteiger partial charge on any atom is 0.324 e. The van der Waals surface area contributed by atoms with E-state index in [2.05, 4.69) is 10.0 Å². The highest BCUT2D eigenvalue weighted by Crippen LogP contribution is 2.40. The van der Waals surface area contributed by atoms with Gasteiger partial charge in [0, 0.05) is 11.1 Å². The first-order chi connectivity index (χ1) is 8.58. The number of nitrogens with zero attached hydrogens (tertiary/aromatic N) is 1. The Labute approximate surface area is 111 Å². The van der Waals surface area contributed by atoms with E-state index in [1.165, 1.54) is 4.31 Å². The van der Waals surface area contributed by atoms with Gasteiger partial charge >= 0.3 is 10.2 Å². The quantitative estimate of drug-likeness (QED) is 0.824. The van der Waals surface area contributed by atoms with Crippen LogP contribution in [0.1, 0.15) is 12.8 Å². The Morgan fingerprint density at radius 1 is 1.28 bits per heavy atom. The number of hydrogen-bond acceptors (Lipinski definition) is 3. The Kier molecular flexibility index (Phi) is 2.88. The first-order valence-corrected chi connectivity index (χ1v) is 7.72. The topological polar surface area (TPSA) is 61.4 Å². The van der Waals surface area contributed by atoms with Crippen LogP contribution in [0.25, 0.3) is 0 Å². The summed E-state index contributed by atoms with van der Waals surface area (Å²) in [7, 11) is -3.47. The molecule has 2 heterocycles. The van der Waals surface area contributed by atoms with E-state index in [-0.39, 0.29) is 6.04 Å². The second kappa shape index (κ2) is 4.29. The van der Waals surface area contributed by atoms with Crippen molar-refractivity contribution in [3.63, 3.8) is 0 Å². The molecule has 0 aliphatic carbocycles. The normalized spacial score (nSPS) is 22.6. The highest BCUT2D eigenvalue weighted by Gasteiger charge is 2.38. The highest BCUT2D eigenvalue weighted by molar-refractivity contribution is 7.94. The van der Waals surface area contributed by atoms with Crippen molar-refractivity contribution in [2.45, 2.75) is 18.9 Å². The minimum Gasteiger partial charge on any atom is -0.317 e. The molecule has 2 aliphatic rings. The molecule has 0 bridgehead atoms. The fourth-order valence-corrected chi connectivity index (χ4v) is 4.25. The van der Waals surface area contributed by atoms with Gasteiger partial charge < -0.3 is 5.32 Å². The van der Waals surface area contributed by atoms with Crippen molar-refractivity contribution < 1.29 is 8.42 Å². The summed E-state index contributed by atoms with van der Waals surface area (Å²) in [6.45, 7) is 1.68. The summed E-state index contributed by atoms with van der Waals surface area (Å²) in [5.74, 6) is 0. The van der Waals surface area contributed by atoms with Gasteiger partial charge in [0.2, 0.25) is 0 Å². The molecule has 1 fully saturated rings. The molecule has 0 radical (unpaired) electrons. The van der Waals surface area contributed by atoms with E-state index in [4.69, 9.17) is 11.6 Å². The minimum atomic E-state index is -3.47. The van der Waals surface area contributed by atoms with Crippen molar-refractivity contribution >= 4 is 33.2 Å². The van der Waals surface area contributed by atoms with Gasteiger partial charge in [0.05, 0.1) is 11.4 Å². The molecule has 98 valence electrons. The lowest BCUT2D eigenvalue weighted by atomic mass is 10.1. The van der Waals surface area contributed by atoms with Crippen LogP contribution < -0.4 is 14.3 Å². The molecule has 2 N–H and O–H groups in total. The summed E-state index contributed by atoms with van der Waals surface area (Å²) in [6.07, 6.45) is 1.62. The van der Waals surface area contributed by atoms with E-state index in [1.54, 1.807) is 18.2 Å². The van der Waals surface area contributed by atoms with Crippen molar-refractivity contribution in [2.24, 2.45) is 0 Å². The molecule has 7 heteroatoms. The van der Waals surface area contributed by atoms with Crippen LogP contribution >= 0.6 is 11.6 Å². The molecule has 1 saturated heterocycles. The number of fused-ring (bicyclic) bond motifs is 1. The molecular formula is C11H14ClN3O2S. The second-order valence-electron chi connectivity index (χ2n) is 4.55. The zero-order valence-corrected chi connectivity index (χ0v) is 11.3. The average Bonchev–Trinajstić information content (AvgIpc) is 2.60. The molecule has 0 aromatic heterocycles. The molecular weight excluding hydrogens is 274 g/mol. The Morgan fingerprint density at radius 2 is 2.00 bits per heavy atom.